The largest absolute Gasteiger partial charge is 0.295 e. The Hall–Kier alpha value is -1.94. The molecule has 4 heteroatoms. The van der Waals surface area contributed by atoms with Gasteiger partial charge in [-0.2, -0.15) is 5.10 Å². The molecule has 0 radical (unpaired) electrons. The van der Waals surface area contributed by atoms with Gasteiger partial charge in [-0.15, -0.1) is 0 Å². The van der Waals surface area contributed by atoms with Crippen LogP contribution in [0.4, 0.5) is 4.39 Å². The normalized spacial score (nSPS) is 16.2. The Labute approximate surface area is 118 Å². The van der Waals surface area contributed by atoms with E-state index >= 15 is 0 Å². The molecule has 3 rings (SSSR count). The molecule has 3 nitrogen and oxygen atoms in total. The Bertz CT molecular complexity index is 630. The molecule has 2 aromatic rings. The molecular formula is C16H18FN3. The molecule has 1 aromatic carbocycles. The van der Waals surface area contributed by atoms with Crippen LogP contribution < -0.4 is 0 Å². The van der Waals surface area contributed by atoms with E-state index < -0.39 is 0 Å². The van der Waals surface area contributed by atoms with E-state index in [1.165, 1.54) is 17.7 Å². The van der Waals surface area contributed by atoms with Crippen molar-refractivity contribution in [1.29, 1.82) is 0 Å². The van der Waals surface area contributed by atoms with E-state index in [2.05, 4.69) is 23.0 Å². The molecule has 0 bridgehead atoms. The van der Waals surface area contributed by atoms with Gasteiger partial charge in [0.2, 0.25) is 0 Å². The van der Waals surface area contributed by atoms with E-state index in [4.69, 9.17) is 0 Å². The van der Waals surface area contributed by atoms with Gasteiger partial charge in [0.25, 0.3) is 0 Å². The zero-order chi connectivity index (χ0) is 13.9. The molecule has 0 spiro atoms. The smallest absolute Gasteiger partial charge is 0.125 e. The summed E-state index contributed by atoms with van der Waals surface area (Å²) in [5, 5.41) is 4.32. The summed E-state index contributed by atoms with van der Waals surface area (Å²) in [6, 6.07) is 6.48. The Balaban J connectivity index is 1.71. The maximum atomic E-state index is 13.2. The lowest BCUT2D eigenvalue weighted by Crippen LogP contribution is -2.27. The molecular weight excluding hydrogens is 253 g/mol. The van der Waals surface area contributed by atoms with Crippen LogP contribution in [0.3, 0.4) is 0 Å². The number of halogens is 1. The topological polar surface area (TPSA) is 21.1 Å². The molecule has 0 aliphatic carbocycles. The molecule has 0 N–H and O–H groups in total. The van der Waals surface area contributed by atoms with Gasteiger partial charge in [0.1, 0.15) is 5.82 Å². The first-order valence-corrected chi connectivity index (χ1v) is 6.88. The average molecular weight is 271 g/mol. The van der Waals surface area contributed by atoms with Crippen molar-refractivity contribution in [3.8, 4) is 5.69 Å². The van der Waals surface area contributed by atoms with E-state index in [-0.39, 0.29) is 5.82 Å². The lowest BCUT2D eigenvalue weighted by molar-refractivity contribution is 0.286. The van der Waals surface area contributed by atoms with E-state index in [1.807, 2.05) is 18.5 Å². The third-order valence-corrected chi connectivity index (χ3v) is 3.64. The SMILES string of the molecule is CC1=CCN(Cc2cnn(-c3cccc(F)c3)c2)CC1. The van der Waals surface area contributed by atoms with Crippen LogP contribution in [0.1, 0.15) is 18.9 Å². The van der Waals surface area contributed by atoms with E-state index in [1.54, 1.807) is 10.7 Å². The van der Waals surface area contributed by atoms with Crippen LogP contribution in [-0.2, 0) is 6.54 Å². The van der Waals surface area contributed by atoms with Crippen LogP contribution in [0.25, 0.3) is 5.69 Å². The Morgan fingerprint density at radius 2 is 2.25 bits per heavy atom. The Morgan fingerprint density at radius 1 is 1.35 bits per heavy atom. The van der Waals surface area contributed by atoms with Gasteiger partial charge in [-0.1, -0.05) is 17.7 Å². The highest BCUT2D eigenvalue weighted by molar-refractivity contribution is 5.31. The molecule has 104 valence electrons. The second-order valence-corrected chi connectivity index (χ2v) is 5.31. The molecule has 0 fully saturated rings. The number of hydrogen-bond acceptors (Lipinski definition) is 2. The minimum absolute atomic E-state index is 0.240. The third-order valence-electron chi connectivity index (χ3n) is 3.64. The summed E-state index contributed by atoms with van der Waals surface area (Å²) in [6.07, 6.45) is 7.24. The molecule has 20 heavy (non-hydrogen) atoms. The summed E-state index contributed by atoms with van der Waals surface area (Å²) in [7, 11) is 0. The van der Waals surface area contributed by atoms with Crippen LogP contribution in [0.5, 0.6) is 0 Å². The summed E-state index contributed by atoms with van der Waals surface area (Å²) in [4.78, 5) is 2.39. The summed E-state index contributed by atoms with van der Waals surface area (Å²) < 4.78 is 14.9. The zero-order valence-corrected chi connectivity index (χ0v) is 11.6. The van der Waals surface area contributed by atoms with Crippen molar-refractivity contribution in [2.24, 2.45) is 0 Å². The van der Waals surface area contributed by atoms with Gasteiger partial charge in [0.05, 0.1) is 11.9 Å². The minimum Gasteiger partial charge on any atom is -0.295 e. The molecule has 0 saturated carbocycles. The van der Waals surface area contributed by atoms with Crippen molar-refractivity contribution in [2.75, 3.05) is 13.1 Å². The van der Waals surface area contributed by atoms with Gasteiger partial charge in [0.15, 0.2) is 0 Å². The van der Waals surface area contributed by atoms with Crippen LogP contribution in [0, 0.1) is 5.82 Å². The Morgan fingerprint density at radius 3 is 3.00 bits per heavy atom. The van der Waals surface area contributed by atoms with Gasteiger partial charge in [-0.05, 0) is 31.5 Å². The molecule has 0 saturated heterocycles. The van der Waals surface area contributed by atoms with Gasteiger partial charge in [-0.3, -0.25) is 4.90 Å². The number of benzene rings is 1. The minimum atomic E-state index is -0.240. The second-order valence-electron chi connectivity index (χ2n) is 5.31. The molecule has 1 aliphatic heterocycles. The predicted octanol–water partition coefficient (Wildman–Crippen LogP) is 3.16. The highest BCUT2D eigenvalue weighted by atomic mass is 19.1. The molecule has 1 aliphatic rings. The molecule has 1 aromatic heterocycles. The maximum Gasteiger partial charge on any atom is 0.125 e. The predicted molar refractivity (Wildman–Crippen MR) is 77.2 cm³/mol. The fraction of sp³-hybridized carbons (Fsp3) is 0.312. The first kappa shape index (κ1) is 13.1. The maximum absolute atomic E-state index is 13.2. The summed E-state index contributed by atoms with van der Waals surface area (Å²) in [5.41, 5.74) is 3.38. The first-order chi connectivity index (χ1) is 9.70. The van der Waals surface area contributed by atoms with Crippen LogP contribution >= 0.6 is 0 Å². The summed E-state index contributed by atoms with van der Waals surface area (Å²) >= 11 is 0. The average Bonchev–Trinajstić information content (AvgIpc) is 2.90. The Kier molecular flexibility index (Phi) is 3.65. The van der Waals surface area contributed by atoms with E-state index in [9.17, 15) is 4.39 Å². The highest BCUT2D eigenvalue weighted by Crippen LogP contribution is 2.14. The van der Waals surface area contributed by atoms with Crippen molar-refractivity contribution >= 4 is 0 Å². The lowest BCUT2D eigenvalue weighted by Gasteiger charge is -2.24. The number of aromatic nitrogens is 2. The van der Waals surface area contributed by atoms with E-state index in [0.717, 1.165) is 37.3 Å². The highest BCUT2D eigenvalue weighted by Gasteiger charge is 2.11. The van der Waals surface area contributed by atoms with Crippen molar-refractivity contribution in [2.45, 2.75) is 19.9 Å². The third kappa shape index (κ3) is 2.96. The number of rotatable bonds is 3. The van der Waals surface area contributed by atoms with Crippen LogP contribution in [-0.4, -0.2) is 27.8 Å². The van der Waals surface area contributed by atoms with Crippen molar-refractivity contribution < 1.29 is 4.39 Å². The van der Waals surface area contributed by atoms with Gasteiger partial charge >= 0.3 is 0 Å². The fourth-order valence-electron chi connectivity index (χ4n) is 2.42. The van der Waals surface area contributed by atoms with Crippen molar-refractivity contribution in [1.82, 2.24) is 14.7 Å². The summed E-state index contributed by atoms with van der Waals surface area (Å²) in [5.74, 6) is -0.240. The van der Waals surface area contributed by atoms with Gasteiger partial charge in [0, 0.05) is 31.4 Å². The van der Waals surface area contributed by atoms with Crippen LogP contribution in [0.2, 0.25) is 0 Å². The molecule has 2 heterocycles. The van der Waals surface area contributed by atoms with E-state index in [0.29, 0.717) is 0 Å². The standard InChI is InChI=1S/C16H18FN3/c1-13-5-7-19(8-6-13)11-14-10-18-20(12-14)16-4-2-3-15(17)9-16/h2-5,9-10,12H,6-8,11H2,1H3. The monoisotopic (exact) mass is 271 g/mol. The molecule has 0 amide bonds. The zero-order valence-electron chi connectivity index (χ0n) is 11.6. The first-order valence-electron chi connectivity index (χ1n) is 6.88. The van der Waals surface area contributed by atoms with Gasteiger partial charge < -0.3 is 0 Å². The molecule has 0 unspecified atom stereocenters. The number of nitrogens with zero attached hydrogens (tertiary/aromatic N) is 3. The number of hydrogen-bond donors (Lipinski definition) is 0. The van der Waals surface area contributed by atoms with Crippen molar-refractivity contribution in [3.63, 3.8) is 0 Å². The summed E-state index contributed by atoms with van der Waals surface area (Å²) in [6.45, 7) is 5.16. The molecule has 0 atom stereocenters. The van der Waals surface area contributed by atoms with Crippen LogP contribution in [0.15, 0.2) is 48.3 Å². The second kappa shape index (κ2) is 5.59. The van der Waals surface area contributed by atoms with Crippen molar-refractivity contribution in [3.05, 3.63) is 59.7 Å². The fourth-order valence-corrected chi connectivity index (χ4v) is 2.42. The van der Waals surface area contributed by atoms with Gasteiger partial charge in [-0.25, -0.2) is 9.07 Å². The quantitative estimate of drug-likeness (QED) is 0.800. The lowest BCUT2D eigenvalue weighted by atomic mass is 10.1.